The number of nitrogens with zero attached hydrogens (tertiary/aromatic N) is 1. The summed E-state index contributed by atoms with van der Waals surface area (Å²) in [4.78, 5) is 0. The minimum Gasteiger partial charge on any atom is -0.192 e. The lowest BCUT2D eigenvalue weighted by Gasteiger charge is -2.34. The number of nitriles is 1. The van der Waals surface area contributed by atoms with Crippen LogP contribution in [0.2, 0.25) is 0 Å². The summed E-state index contributed by atoms with van der Waals surface area (Å²) in [5.74, 6) is 0. The van der Waals surface area contributed by atoms with Crippen LogP contribution in [0, 0.1) is 25.2 Å². The van der Waals surface area contributed by atoms with Crippen LogP contribution in [0.15, 0.2) is 84.9 Å². The predicted molar refractivity (Wildman–Crippen MR) is 162 cm³/mol. The Hall–Kier alpha value is -3.20. The van der Waals surface area contributed by atoms with E-state index in [4.69, 9.17) is 0 Å². The molecule has 0 aromatic heterocycles. The highest BCUT2D eigenvalue weighted by Gasteiger charge is 2.58. The molecule has 4 aromatic rings. The Morgan fingerprint density at radius 3 is 1.63 bits per heavy atom. The van der Waals surface area contributed by atoms with Crippen molar-refractivity contribution >= 4 is 23.8 Å². The minimum atomic E-state index is -0.772. The maximum atomic E-state index is 10.5. The van der Waals surface area contributed by atoms with Gasteiger partial charge >= 0.3 is 0 Å². The first-order valence-electron chi connectivity index (χ1n) is 13.7. The van der Waals surface area contributed by atoms with Crippen molar-refractivity contribution in [3.63, 3.8) is 0 Å². The molecule has 190 valence electrons. The molecular formula is C36H36NP. The van der Waals surface area contributed by atoms with Gasteiger partial charge in [-0.2, -0.15) is 5.26 Å². The van der Waals surface area contributed by atoms with Crippen LogP contribution in [0.25, 0.3) is 0 Å². The standard InChI is InChI=1S/C36H36NP/c1-24-17-26(21-37)32-29(18-24)34(3,4)22-36(32)23-35(5,6)30-19-25(2)20-31(33(30)36)38(27-13-9-7-10-14-27)28-15-11-8-12-16-28/h7-20H,22-23H2,1-6H3. The van der Waals surface area contributed by atoms with Gasteiger partial charge in [0.25, 0.3) is 0 Å². The third-order valence-corrected chi connectivity index (χ3v) is 11.3. The van der Waals surface area contributed by atoms with Crippen LogP contribution in [0.3, 0.4) is 0 Å². The van der Waals surface area contributed by atoms with Crippen LogP contribution >= 0.6 is 7.92 Å². The van der Waals surface area contributed by atoms with Crippen LogP contribution in [0.1, 0.15) is 79.5 Å². The van der Waals surface area contributed by atoms with E-state index >= 15 is 0 Å². The summed E-state index contributed by atoms with van der Waals surface area (Å²) in [6.07, 6.45) is 2.07. The highest BCUT2D eigenvalue weighted by molar-refractivity contribution is 7.80. The molecule has 0 fully saturated rings. The summed E-state index contributed by atoms with van der Waals surface area (Å²) >= 11 is 0. The molecule has 38 heavy (non-hydrogen) atoms. The quantitative estimate of drug-likeness (QED) is 0.259. The Bertz CT molecular complexity index is 1550. The Morgan fingerprint density at radius 2 is 1.13 bits per heavy atom. The van der Waals surface area contributed by atoms with E-state index in [1.54, 1.807) is 0 Å². The molecule has 0 radical (unpaired) electrons. The molecule has 0 aliphatic heterocycles. The van der Waals surface area contributed by atoms with Gasteiger partial charge in [-0.05, 0) is 95.2 Å². The van der Waals surface area contributed by atoms with E-state index in [-0.39, 0.29) is 16.2 Å². The second-order valence-electron chi connectivity index (χ2n) is 12.8. The molecule has 0 amide bonds. The molecule has 0 saturated heterocycles. The normalized spacial score (nSPS) is 20.4. The second kappa shape index (κ2) is 8.66. The highest BCUT2D eigenvalue weighted by atomic mass is 31.1. The van der Waals surface area contributed by atoms with Gasteiger partial charge in [0.1, 0.15) is 0 Å². The number of hydrogen-bond donors (Lipinski definition) is 0. The number of aryl methyl sites for hydroxylation is 2. The van der Waals surface area contributed by atoms with Crippen molar-refractivity contribution in [2.24, 2.45) is 0 Å². The molecule has 0 heterocycles. The van der Waals surface area contributed by atoms with Crippen molar-refractivity contribution in [3.8, 4) is 6.07 Å². The smallest absolute Gasteiger partial charge is 0.0995 e. The van der Waals surface area contributed by atoms with Gasteiger partial charge in [0.05, 0.1) is 11.6 Å². The molecule has 4 aromatic carbocycles. The maximum absolute atomic E-state index is 10.5. The molecule has 2 heteroatoms. The van der Waals surface area contributed by atoms with E-state index in [9.17, 15) is 5.26 Å². The molecule has 6 rings (SSSR count). The Kier molecular flexibility index (Phi) is 5.72. The van der Waals surface area contributed by atoms with Gasteiger partial charge in [-0.25, -0.2) is 0 Å². The second-order valence-corrected chi connectivity index (χ2v) is 14.9. The average Bonchev–Trinajstić information content (AvgIpc) is 3.24. The van der Waals surface area contributed by atoms with Crippen molar-refractivity contribution in [1.29, 1.82) is 5.26 Å². The fourth-order valence-electron chi connectivity index (χ4n) is 7.73. The Morgan fingerprint density at radius 1 is 0.658 bits per heavy atom. The van der Waals surface area contributed by atoms with Crippen molar-refractivity contribution in [1.82, 2.24) is 0 Å². The molecule has 2 aliphatic rings. The first-order valence-corrected chi connectivity index (χ1v) is 15.0. The van der Waals surface area contributed by atoms with E-state index in [2.05, 4.69) is 133 Å². The zero-order valence-corrected chi connectivity index (χ0v) is 24.3. The summed E-state index contributed by atoms with van der Waals surface area (Å²) < 4.78 is 0. The molecule has 0 N–H and O–H groups in total. The molecule has 0 saturated carbocycles. The first kappa shape index (κ1) is 25.1. The topological polar surface area (TPSA) is 23.8 Å². The number of rotatable bonds is 3. The first-order chi connectivity index (χ1) is 18.1. The lowest BCUT2D eigenvalue weighted by atomic mass is 9.71. The Balaban J connectivity index is 1.74. The third kappa shape index (κ3) is 3.69. The molecule has 1 atom stereocenters. The predicted octanol–water partition coefficient (Wildman–Crippen LogP) is 7.58. The zero-order valence-electron chi connectivity index (χ0n) is 23.4. The third-order valence-electron chi connectivity index (χ3n) is 8.84. The van der Waals surface area contributed by atoms with Crippen LogP contribution in [-0.2, 0) is 16.2 Å². The van der Waals surface area contributed by atoms with Gasteiger partial charge < -0.3 is 0 Å². The lowest BCUT2D eigenvalue weighted by molar-refractivity contribution is 0.350. The molecular weight excluding hydrogens is 477 g/mol. The highest BCUT2D eigenvalue weighted by Crippen LogP contribution is 2.64. The van der Waals surface area contributed by atoms with Crippen molar-refractivity contribution in [2.45, 2.75) is 70.6 Å². The maximum Gasteiger partial charge on any atom is 0.0995 e. The van der Waals surface area contributed by atoms with Crippen LogP contribution in [0.5, 0.6) is 0 Å². The summed E-state index contributed by atoms with van der Waals surface area (Å²) in [7, 11) is -0.772. The lowest BCUT2D eigenvalue weighted by Crippen LogP contribution is -2.33. The van der Waals surface area contributed by atoms with Crippen molar-refractivity contribution in [2.75, 3.05) is 0 Å². The monoisotopic (exact) mass is 513 g/mol. The van der Waals surface area contributed by atoms with Gasteiger partial charge in [0, 0.05) is 5.41 Å². The number of hydrogen-bond acceptors (Lipinski definition) is 1. The summed E-state index contributed by atoms with van der Waals surface area (Å²) in [6.45, 7) is 14.0. The van der Waals surface area contributed by atoms with E-state index in [0.717, 1.165) is 18.4 Å². The van der Waals surface area contributed by atoms with Gasteiger partial charge in [-0.3, -0.25) is 0 Å². The van der Waals surface area contributed by atoms with E-state index in [0.29, 0.717) is 0 Å². The number of benzene rings is 4. The fourth-order valence-corrected chi connectivity index (χ4v) is 10.4. The molecule has 2 aliphatic carbocycles. The zero-order chi connectivity index (χ0) is 26.9. The minimum absolute atomic E-state index is 0.00491. The average molecular weight is 514 g/mol. The van der Waals surface area contributed by atoms with Gasteiger partial charge in [0.2, 0.25) is 0 Å². The van der Waals surface area contributed by atoms with Gasteiger partial charge in [-0.1, -0.05) is 112 Å². The molecule has 1 unspecified atom stereocenters. The number of fused-ring (bicyclic) bond motifs is 4. The SMILES string of the molecule is Cc1cc(C#N)c2c(c1)C(C)(C)CC21CC(C)(C)c2cc(C)cc(P(c3ccccc3)c3ccccc3)c21. The summed E-state index contributed by atoms with van der Waals surface area (Å²) in [5, 5.41) is 14.7. The van der Waals surface area contributed by atoms with Crippen molar-refractivity contribution < 1.29 is 0 Å². The van der Waals surface area contributed by atoms with E-state index in [1.165, 1.54) is 49.3 Å². The molecule has 1 spiro atoms. The summed E-state index contributed by atoms with van der Waals surface area (Å²) in [5.41, 5.74) is 8.84. The largest absolute Gasteiger partial charge is 0.192 e. The van der Waals surface area contributed by atoms with E-state index < -0.39 is 7.92 Å². The van der Waals surface area contributed by atoms with E-state index in [1.807, 2.05) is 0 Å². The van der Waals surface area contributed by atoms with Crippen LogP contribution in [-0.4, -0.2) is 0 Å². The van der Waals surface area contributed by atoms with Crippen LogP contribution in [0.4, 0.5) is 0 Å². The molecule has 1 nitrogen and oxygen atoms in total. The van der Waals surface area contributed by atoms with Crippen LogP contribution < -0.4 is 15.9 Å². The van der Waals surface area contributed by atoms with Gasteiger partial charge in [-0.15, -0.1) is 0 Å². The Labute approximate surface area is 229 Å². The summed E-state index contributed by atoms with van der Waals surface area (Å²) in [6, 6.07) is 34.2. The fraction of sp³-hybridized carbons (Fsp3) is 0.306. The molecule has 0 bridgehead atoms. The van der Waals surface area contributed by atoms with Crippen molar-refractivity contribution in [3.05, 3.63) is 124 Å². The van der Waals surface area contributed by atoms with Gasteiger partial charge in [0.15, 0.2) is 0 Å².